The second-order valence-corrected chi connectivity index (χ2v) is 5.21. The van der Waals surface area contributed by atoms with Gasteiger partial charge >= 0.3 is 0 Å². The zero-order valence-corrected chi connectivity index (χ0v) is 13.7. The molecule has 0 fully saturated rings. The van der Waals surface area contributed by atoms with Gasteiger partial charge in [-0.1, -0.05) is 36.2 Å². The molecular weight excluding hydrogens is 311 g/mol. The first-order valence-corrected chi connectivity index (χ1v) is 7.47. The minimum atomic E-state index is -0.0654. The van der Waals surface area contributed by atoms with Crippen LogP contribution in [0.25, 0.3) is 0 Å². The van der Waals surface area contributed by atoms with Crippen LogP contribution in [0.5, 0.6) is 0 Å². The Bertz CT molecular complexity index is 506. The third kappa shape index (κ3) is 6.69. The first-order valence-electron chi connectivity index (χ1n) is 6.72. The molecule has 0 aliphatic carbocycles. The van der Waals surface area contributed by atoms with Crippen molar-refractivity contribution in [2.24, 2.45) is 4.99 Å². The molecule has 5 nitrogen and oxygen atoms in total. The predicted octanol–water partition coefficient (Wildman–Crippen LogP) is 2.18. The summed E-state index contributed by atoms with van der Waals surface area (Å²) in [6, 6.07) is 5.31. The Kier molecular flexibility index (Phi) is 7.93. The summed E-state index contributed by atoms with van der Waals surface area (Å²) in [6.45, 7) is 3.34. The average molecular weight is 331 g/mol. The van der Waals surface area contributed by atoms with Gasteiger partial charge < -0.3 is 16.0 Å². The van der Waals surface area contributed by atoms with E-state index in [4.69, 9.17) is 23.2 Å². The molecule has 1 rings (SSSR count). The van der Waals surface area contributed by atoms with Crippen molar-refractivity contribution < 1.29 is 4.79 Å². The molecule has 0 saturated carbocycles. The average Bonchev–Trinajstić information content (AvgIpc) is 2.47. The number of guanidine groups is 1. The second-order valence-electron chi connectivity index (χ2n) is 4.37. The molecule has 0 bridgehead atoms. The van der Waals surface area contributed by atoms with Crippen LogP contribution in [0.15, 0.2) is 23.2 Å². The number of hydrogen-bond donors (Lipinski definition) is 3. The normalized spacial score (nSPS) is 11.1. The summed E-state index contributed by atoms with van der Waals surface area (Å²) in [6.07, 6.45) is 0.910. The molecule has 0 radical (unpaired) electrons. The zero-order chi connectivity index (χ0) is 15.7. The van der Waals surface area contributed by atoms with E-state index in [9.17, 15) is 4.79 Å². The van der Waals surface area contributed by atoms with Crippen molar-refractivity contribution in [3.8, 4) is 0 Å². The van der Waals surface area contributed by atoms with Crippen molar-refractivity contribution in [2.75, 3.05) is 20.1 Å². The van der Waals surface area contributed by atoms with E-state index < -0.39 is 0 Å². The van der Waals surface area contributed by atoms with Crippen molar-refractivity contribution in [1.29, 1.82) is 0 Å². The number of aliphatic imine (C=N–C) groups is 1. The van der Waals surface area contributed by atoms with E-state index >= 15 is 0 Å². The van der Waals surface area contributed by atoms with Crippen LogP contribution < -0.4 is 16.0 Å². The predicted molar refractivity (Wildman–Crippen MR) is 88.0 cm³/mol. The van der Waals surface area contributed by atoms with Crippen molar-refractivity contribution >= 4 is 35.1 Å². The van der Waals surface area contributed by atoms with Crippen LogP contribution in [-0.2, 0) is 11.3 Å². The number of halogens is 2. The van der Waals surface area contributed by atoms with Gasteiger partial charge in [-0.3, -0.25) is 9.79 Å². The summed E-state index contributed by atoms with van der Waals surface area (Å²) in [7, 11) is 1.64. The van der Waals surface area contributed by atoms with Gasteiger partial charge in [-0.25, -0.2) is 0 Å². The number of amides is 1. The molecule has 1 aromatic carbocycles. The van der Waals surface area contributed by atoms with Crippen LogP contribution >= 0.6 is 23.2 Å². The Morgan fingerprint density at radius 2 is 2.00 bits per heavy atom. The highest BCUT2D eigenvalue weighted by atomic mass is 35.5. The molecule has 0 aliphatic heterocycles. The molecule has 0 heterocycles. The number of rotatable bonds is 6. The van der Waals surface area contributed by atoms with Crippen LogP contribution in [0.3, 0.4) is 0 Å². The molecule has 0 unspecified atom stereocenters. The van der Waals surface area contributed by atoms with E-state index in [0.717, 1.165) is 12.0 Å². The summed E-state index contributed by atoms with van der Waals surface area (Å²) in [5.74, 6) is 0.469. The molecule has 0 saturated heterocycles. The van der Waals surface area contributed by atoms with Crippen molar-refractivity contribution in [3.63, 3.8) is 0 Å². The molecule has 7 heteroatoms. The quantitative estimate of drug-likeness (QED) is 0.553. The van der Waals surface area contributed by atoms with E-state index in [2.05, 4.69) is 20.9 Å². The van der Waals surface area contributed by atoms with E-state index in [1.165, 1.54) is 0 Å². The topological polar surface area (TPSA) is 65.5 Å². The standard InChI is InChI=1S/C14H20Cl2N4O/c1-3-6-18-13(21)9-20-14(17-2)19-8-10-4-5-11(15)7-12(10)16/h4-5,7H,3,6,8-9H2,1-2H3,(H,18,21)(H2,17,19,20). The SMILES string of the molecule is CCCNC(=O)CNC(=NC)NCc1ccc(Cl)cc1Cl. The molecule has 116 valence electrons. The van der Waals surface area contributed by atoms with Crippen LogP contribution in [-0.4, -0.2) is 32.0 Å². The molecule has 1 aromatic rings. The van der Waals surface area contributed by atoms with Gasteiger partial charge in [0.15, 0.2) is 5.96 Å². The smallest absolute Gasteiger partial charge is 0.239 e. The van der Waals surface area contributed by atoms with Crippen molar-refractivity contribution in [2.45, 2.75) is 19.9 Å². The highest BCUT2D eigenvalue weighted by Gasteiger charge is 2.05. The molecule has 0 aliphatic rings. The Hall–Kier alpha value is -1.46. The maximum Gasteiger partial charge on any atom is 0.239 e. The Labute approximate surface area is 135 Å². The van der Waals surface area contributed by atoms with Gasteiger partial charge in [0.2, 0.25) is 5.91 Å². The van der Waals surface area contributed by atoms with Gasteiger partial charge in [0.05, 0.1) is 6.54 Å². The second kappa shape index (κ2) is 9.47. The fourth-order valence-electron chi connectivity index (χ4n) is 1.56. The fourth-order valence-corrected chi connectivity index (χ4v) is 2.03. The van der Waals surface area contributed by atoms with E-state index in [0.29, 0.717) is 29.1 Å². The number of carbonyl (C=O) groups excluding carboxylic acids is 1. The number of nitrogens with one attached hydrogen (secondary N) is 3. The van der Waals surface area contributed by atoms with E-state index in [1.807, 2.05) is 13.0 Å². The van der Waals surface area contributed by atoms with Crippen molar-refractivity contribution in [1.82, 2.24) is 16.0 Å². The van der Waals surface area contributed by atoms with Crippen LogP contribution in [0.2, 0.25) is 10.0 Å². The Morgan fingerprint density at radius 3 is 2.62 bits per heavy atom. The van der Waals surface area contributed by atoms with E-state index in [-0.39, 0.29) is 12.5 Å². The number of nitrogens with zero attached hydrogens (tertiary/aromatic N) is 1. The summed E-state index contributed by atoms with van der Waals surface area (Å²) in [4.78, 5) is 15.5. The minimum Gasteiger partial charge on any atom is -0.355 e. The van der Waals surface area contributed by atoms with Gasteiger partial charge in [0, 0.05) is 30.2 Å². The monoisotopic (exact) mass is 330 g/mol. The fraction of sp³-hybridized carbons (Fsp3) is 0.429. The van der Waals surface area contributed by atoms with Crippen LogP contribution in [0.1, 0.15) is 18.9 Å². The number of hydrogen-bond acceptors (Lipinski definition) is 2. The van der Waals surface area contributed by atoms with Gasteiger partial charge in [-0.2, -0.15) is 0 Å². The molecule has 0 atom stereocenters. The molecular formula is C14H20Cl2N4O. The van der Waals surface area contributed by atoms with Crippen LogP contribution in [0.4, 0.5) is 0 Å². The first kappa shape index (κ1) is 17.6. The molecule has 3 N–H and O–H groups in total. The number of benzene rings is 1. The van der Waals surface area contributed by atoms with Crippen LogP contribution in [0, 0.1) is 0 Å². The molecule has 21 heavy (non-hydrogen) atoms. The minimum absolute atomic E-state index is 0.0654. The lowest BCUT2D eigenvalue weighted by atomic mass is 10.2. The van der Waals surface area contributed by atoms with Crippen molar-refractivity contribution in [3.05, 3.63) is 33.8 Å². The lowest BCUT2D eigenvalue weighted by Gasteiger charge is -2.12. The maximum atomic E-state index is 11.5. The van der Waals surface area contributed by atoms with Gasteiger partial charge in [-0.15, -0.1) is 0 Å². The zero-order valence-electron chi connectivity index (χ0n) is 12.2. The number of carbonyl (C=O) groups is 1. The van der Waals surface area contributed by atoms with E-state index in [1.54, 1.807) is 19.2 Å². The lowest BCUT2D eigenvalue weighted by Crippen LogP contribution is -2.43. The summed E-state index contributed by atoms with van der Waals surface area (Å²) in [5, 5.41) is 9.99. The highest BCUT2D eigenvalue weighted by molar-refractivity contribution is 6.35. The third-order valence-electron chi connectivity index (χ3n) is 2.67. The van der Waals surface area contributed by atoms with Gasteiger partial charge in [-0.05, 0) is 24.1 Å². The lowest BCUT2D eigenvalue weighted by molar-refractivity contribution is -0.120. The first-order chi connectivity index (χ1) is 10.1. The largest absolute Gasteiger partial charge is 0.355 e. The summed E-state index contributed by atoms with van der Waals surface area (Å²) in [5.41, 5.74) is 0.902. The van der Waals surface area contributed by atoms with Gasteiger partial charge in [0.25, 0.3) is 0 Å². The maximum absolute atomic E-state index is 11.5. The Balaban J connectivity index is 2.43. The molecule has 1 amide bonds. The van der Waals surface area contributed by atoms with Gasteiger partial charge in [0.1, 0.15) is 0 Å². The summed E-state index contributed by atoms with van der Waals surface area (Å²) >= 11 is 11.9. The highest BCUT2D eigenvalue weighted by Crippen LogP contribution is 2.20. The molecule has 0 aromatic heterocycles. The summed E-state index contributed by atoms with van der Waals surface area (Å²) < 4.78 is 0. The Morgan fingerprint density at radius 1 is 1.24 bits per heavy atom. The third-order valence-corrected chi connectivity index (χ3v) is 3.26. The molecule has 0 spiro atoms.